The summed E-state index contributed by atoms with van der Waals surface area (Å²) >= 11 is 0. The summed E-state index contributed by atoms with van der Waals surface area (Å²) in [5, 5.41) is 9.00. The van der Waals surface area contributed by atoms with E-state index in [2.05, 4.69) is 9.97 Å². The second-order valence-corrected chi connectivity index (χ2v) is 4.27. The van der Waals surface area contributed by atoms with Crippen LogP contribution >= 0.6 is 0 Å². The molecule has 0 fully saturated rings. The number of hydrogen-bond donors (Lipinski definition) is 1. The molecule has 1 atom stereocenters. The van der Waals surface area contributed by atoms with Crippen LogP contribution in [0, 0.1) is 12.7 Å². The molecular weight excluding hydrogens is 247 g/mol. The zero-order valence-corrected chi connectivity index (χ0v) is 10.4. The average molecular weight is 260 g/mol. The lowest BCUT2D eigenvalue weighted by molar-refractivity contribution is -0.137. The predicted octanol–water partition coefficient (Wildman–Crippen LogP) is 2.53. The van der Waals surface area contributed by atoms with Gasteiger partial charge < -0.3 is 5.11 Å². The van der Waals surface area contributed by atoms with Gasteiger partial charge in [-0.2, -0.15) is 0 Å². The van der Waals surface area contributed by atoms with Gasteiger partial charge in [-0.3, -0.25) is 4.79 Å². The van der Waals surface area contributed by atoms with Gasteiger partial charge in [0.15, 0.2) is 0 Å². The predicted molar refractivity (Wildman–Crippen MR) is 67.3 cm³/mol. The minimum atomic E-state index is -0.945. The van der Waals surface area contributed by atoms with Crippen LogP contribution in [0.15, 0.2) is 36.7 Å². The lowest BCUT2D eigenvalue weighted by Gasteiger charge is -2.14. The minimum Gasteiger partial charge on any atom is -0.481 e. The van der Waals surface area contributed by atoms with E-state index >= 15 is 0 Å². The lowest BCUT2D eigenvalue weighted by atomic mass is 9.93. The number of aromatic nitrogens is 2. The van der Waals surface area contributed by atoms with Gasteiger partial charge in [-0.25, -0.2) is 14.4 Å². The molecule has 2 rings (SSSR count). The SMILES string of the molecule is Cc1cc(C(CC(=O)O)c2ncccn2)ccc1F. The van der Waals surface area contributed by atoms with Crippen LogP contribution in [-0.4, -0.2) is 21.0 Å². The average Bonchev–Trinajstić information content (AvgIpc) is 2.40. The first-order valence-electron chi connectivity index (χ1n) is 5.82. The van der Waals surface area contributed by atoms with Crippen molar-refractivity contribution in [3.63, 3.8) is 0 Å². The van der Waals surface area contributed by atoms with Gasteiger partial charge in [0, 0.05) is 12.4 Å². The van der Waals surface area contributed by atoms with E-state index in [0.717, 1.165) is 0 Å². The molecule has 1 unspecified atom stereocenters. The lowest BCUT2D eigenvalue weighted by Crippen LogP contribution is -2.11. The summed E-state index contributed by atoms with van der Waals surface area (Å²) in [5.74, 6) is -1.31. The van der Waals surface area contributed by atoms with Crippen LogP contribution in [0.1, 0.15) is 29.3 Å². The summed E-state index contributed by atoms with van der Waals surface area (Å²) in [7, 11) is 0. The Morgan fingerprint density at radius 2 is 2.05 bits per heavy atom. The van der Waals surface area contributed by atoms with Crippen molar-refractivity contribution in [3.8, 4) is 0 Å². The molecule has 0 aliphatic carbocycles. The number of nitrogens with zero attached hydrogens (tertiary/aromatic N) is 2. The Bertz CT molecular complexity index is 587. The maximum absolute atomic E-state index is 13.3. The largest absolute Gasteiger partial charge is 0.481 e. The van der Waals surface area contributed by atoms with Crippen molar-refractivity contribution >= 4 is 5.97 Å². The molecule has 0 amide bonds. The van der Waals surface area contributed by atoms with E-state index in [9.17, 15) is 9.18 Å². The summed E-state index contributed by atoms with van der Waals surface area (Å²) in [6, 6.07) is 6.21. The first-order chi connectivity index (χ1) is 9.08. The van der Waals surface area contributed by atoms with E-state index in [0.29, 0.717) is 17.0 Å². The molecule has 98 valence electrons. The maximum Gasteiger partial charge on any atom is 0.304 e. The molecule has 0 aliphatic rings. The highest BCUT2D eigenvalue weighted by atomic mass is 19.1. The molecule has 1 aromatic heterocycles. The molecule has 1 heterocycles. The van der Waals surface area contributed by atoms with Crippen LogP contribution in [-0.2, 0) is 4.79 Å². The smallest absolute Gasteiger partial charge is 0.304 e. The number of halogens is 1. The molecule has 0 radical (unpaired) electrons. The molecule has 2 aromatic rings. The molecular formula is C14H13FN2O2. The number of carboxylic acids is 1. The van der Waals surface area contributed by atoms with Crippen LogP contribution in [0.25, 0.3) is 0 Å². The van der Waals surface area contributed by atoms with E-state index in [-0.39, 0.29) is 12.2 Å². The van der Waals surface area contributed by atoms with E-state index in [1.165, 1.54) is 6.07 Å². The number of aliphatic carboxylic acids is 1. The van der Waals surface area contributed by atoms with Crippen LogP contribution in [0.2, 0.25) is 0 Å². The Balaban J connectivity index is 2.42. The fourth-order valence-corrected chi connectivity index (χ4v) is 1.91. The summed E-state index contributed by atoms with van der Waals surface area (Å²) in [4.78, 5) is 19.2. The van der Waals surface area contributed by atoms with Crippen LogP contribution in [0.3, 0.4) is 0 Å². The molecule has 0 spiro atoms. The molecule has 4 nitrogen and oxygen atoms in total. The molecule has 1 aromatic carbocycles. The quantitative estimate of drug-likeness (QED) is 0.917. The standard InChI is InChI=1S/C14H13FN2O2/c1-9-7-10(3-4-12(9)15)11(8-13(18)19)14-16-5-2-6-17-14/h2-7,11H,8H2,1H3,(H,18,19). The van der Waals surface area contributed by atoms with Crippen LogP contribution in [0.4, 0.5) is 4.39 Å². The topological polar surface area (TPSA) is 63.1 Å². The van der Waals surface area contributed by atoms with E-state index in [4.69, 9.17) is 5.11 Å². The number of carbonyl (C=O) groups is 1. The molecule has 1 N–H and O–H groups in total. The van der Waals surface area contributed by atoms with Crippen LogP contribution < -0.4 is 0 Å². The maximum atomic E-state index is 13.3. The molecule has 0 saturated heterocycles. The van der Waals surface area contributed by atoms with Gasteiger partial charge in [0.2, 0.25) is 0 Å². The van der Waals surface area contributed by atoms with Crippen molar-refractivity contribution in [1.82, 2.24) is 9.97 Å². The number of aryl methyl sites for hydroxylation is 1. The molecule has 0 aliphatic heterocycles. The highest BCUT2D eigenvalue weighted by Gasteiger charge is 2.20. The monoisotopic (exact) mass is 260 g/mol. The Morgan fingerprint density at radius 1 is 1.37 bits per heavy atom. The third-order valence-corrected chi connectivity index (χ3v) is 2.86. The number of benzene rings is 1. The summed E-state index contributed by atoms with van der Waals surface area (Å²) in [6.07, 6.45) is 3.00. The third kappa shape index (κ3) is 3.13. The minimum absolute atomic E-state index is 0.130. The van der Waals surface area contributed by atoms with Crippen molar-refractivity contribution < 1.29 is 14.3 Å². The van der Waals surface area contributed by atoms with E-state index in [1.54, 1.807) is 37.5 Å². The molecule has 19 heavy (non-hydrogen) atoms. The van der Waals surface area contributed by atoms with Gasteiger partial charge in [0.25, 0.3) is 0 Å². The number of hydrogen-bond acceptors (Lipinski definition) is 3. The first-order valence-corrected chi connectivity index (χ1v) is 5.82. The van der Waals surface area contributed by atoms with Crippen molar-refractivity contribution in [3.05, 3.63) is 59.4 Å². The van der Waals surface area contributed by atoms with Gasteiger partial charge in [-0.05, 0) is 30.2 Å². The van der Waals surface area contributed by atoms with Crippen molar-refractivity contribution in [2.45, 2.75) is 19.3 Å². The van der Waals surface area contributed by atoms with Gasteiger partial charge in [-0.15, -0.1) is 0 Å². The van der Waals surface area contributed by atoms with E-state index < -0.39 is 11.9 Å². The van der Waals surface area contributed by atoms with E-state index in [1.807, 2.05) is 0 Å². The van der Waals surface area contributed by atoms with Crippen molar-refractivity contribution in [2.24, 2.45) is 0 Å². The van der Waals surface area contributed by atoms with Crippen LogP contribution in [0.5, 0.6) is 0 Å². The molecule has 0 bridgehead atoms. The van der Waals surface area contributed by atoms with Gasteiger partial charge in [-0.1, -0.05) is 12.1 Å². The summed E-state index contributed by atoms with van der Waals surface area (Å²) in [6.45, 7) is 1.64. The Morgan fingerprint density at radius 3 is 2.63 bits per heavy atom. The Kier molecular flexibility index (Phi) is 3.85. The highest BCUT2D eigenvalue weighted by molar-refractivity contribution is 5.68. The third-order valence-electron chi connectivity index (χ3n) is 2.86. The first kappa shape index (κ1) is 13.1. The number of carboxylic acid groups (broad SMARTS) is 1. The summed E-state index contributed by atoms with van der Waals surface area (Å²) < 4.78 is 13.3. The van der Waals surface area contributed by atoms with Gasteiger partial charge in [0.1, 0.15) is 11.6 Å². The zero-order chi connectivity index (χ0) is 13.8. The fourth-order valence-electron chi connectivity index (χ4n) is 1.91. The van der Waals surface area contributed by atoms with Crippen molar-refractivity contribution in [1.29, 1.82) is 0 Å². The Hall–Kier alpha value is -2.30. The molecule has 0 saturated carbocycles. The van der Waals surface area contributed by atoms with Gasteiger partial charge >= 0.3 is 5.97 Å². The number of rotatable bonds is 4. The highest BCUT2D eigenvalue weighted by Crippen LogP contribution is 2.26. The fraction of sp³-hybridized carbons (Fsp3) is 0.214. The van der Waals surface area contributed by atoms with Gasteiger partial charge in [0.05, 0.1) is 12.3 Å². The normalized spacial score (nSPS) is 12.1. The summed E-state index contributed by atoms with van der Waals surface area (Å²) in [5.41, 5.74) is 1.18. The zero-order valence-electron chi connectivity index (χ0n) is 10.4. The second kappa shape index (κ2) is 5.56. The second-order valence-electron chi connectivity index (χ2n) is 4.27. The molecule has 5 heteroatoms. The Labute approximate surface area is 110 Å². The van der Waals surface area contributed by atoms with Crippen molar-refractivity contribution in [2.75, 3.05) is 0 Å².